The van der Waals surface area contributed by atoms with E-state index in [1.54, 1.807) is 24.3 Å². The van der Waals surface area contributed by atoms with E-state index in [1.807, 2.05) is 6.07 Å². The quantitative estimate of drug-likeness (QED) is 0.283. The summed E-state index contributed by atoms with van der Waals surface area (Å²) < 4.78 is 8.36. The molecule has 0 aliphatic carbocycles. The standard InChI is InChI=1S/C17H15Cl3N2O6S/c18-17(19,20)8-28-16(26)13-10(23)7-29-15-12(14(25)22(13)15)21-11(24)6-27-9-4-2-1-3-5-9/h1-5,12-13,15H,6-8H2,(H,21,24)/t12?,13?,15-/m0/s1. The zero-order valence-corrected chi connectivity index (χ0v) is 17.8. The lowest BCUT2D eigenvalue weighted by molar-refractivity contribution is -0.168. The molecule has 0 bridgehead atoms. The number of β-lactam (4-membered cyclic amide) rings is 1. The maximum Gasteiger partial charge on any atom is 0.336 e. The number of carbonyl (C=O) groups is 4. The van der Waals surface area contributed by atoms with Crippen LogP contribution in [0.3, 0.4) is 0 Å². The van der Waals surface area contributed by atoms with Crippen molar-refractivity contribution in [1.82, 2.24) is 10.2 Å². The molecular formula is C17H15Cl3N2O6S. The van der Waals surface area contributed by atoms with Gasteiger partial charge in [-0.3, -0.25) is 14.4 Å². The van der Waals surface area contributed by atoms with E-state index in [9.17, 15) is 19.2 Å². The van der Waals surface area contributed by atoms with E-state index in [-0.39, 0.29) is 12.4 Å². The van der Waals surface area contributed by atoms with Crippen molar-refractivity contribution in [2.24, 2.45) is 0 Å². The number of nitrogens with one attached hydrogen (secondary N) is 1. The number of benzene rings is 1. The summed E-state index contributed by atoms with van der Waals surface area (Å²) in [6, 6.07) is 6.43. The molecule has 2 amide bonds. The zero-order valence-electron chi connectivity index (χ0n) is 14.7. The molecule has 2 saturated heterocycles. The molecule has 3 atom stereocenters. The third-order valence-electron chi connectivity index (χ3n) is 4.09. The van der Waals surface area contributed by atoms with Crippen molar-refractivity contribution in [3.63, 3.8) is 0 Å². The Labute approximate surface area is 185 Å². The van der Waals surface area contributed by atoms with Crippen molar-refractivity contribution in [3.05, 3.63) is 30.3 Å². The SMILES string of the molecule is O=C(COc1ccccc1)NC1C(=O)N2C(C(=O)OCC(Cl)(Cl)Cl)C(=O)CS[C@@H]12. The van der Waals surface area contributed by atoms with Crippen molar-refractivity contribution in [2.75, 3.05) is 19.0 Å². The second-order valence-electron chi connectivity index (χ2n) is 6.19. The highest BCUT2D eigenvalue weighted by Crippen LogP contribution is 2.37. The van der Waals surface area contributed by atoms with Crippen LogP contribution >= 0.6 is 46.6 Å². The Hall–Kier alpha value is -1.68. The lowest BCUT2D eigenvalue weighted by Gasteiger charge is -2.51. The topological polar surface area (TPSA) is 102 Å². The summed E-state index contributed by atoms with van der Waals surface area (Å²) >= 11 is 17.8. The summed E-state index contributed by atoms with van der Waals surface area (Å²) in [7, 11) is 0. The summed E-state index contributed by atoms with van der Waals surface area (Å²) in [4.78, 5) is 50.1. The minimum atomic E-state index is -1.84. The van der Waals surface area contributed by atoms with Gasteiger partial charge in [-0.25, -0.2) is 4.79 Å². The molecule has 2 fully saturated rings. The molecule has 1 N–H and O–H groups in total. The Morgan fingerprint density at radius 1 is 1.21 bits per heavy atom. The molecule has 0 saturated carbocycles. The highest BCUT2D eigenvalue weighted by Gasteiger charge is 2.58. The highest BCUT2D eigenvalue weighted by molar-refractivity contribution is 8.00. The first-order valence-electron chi connectivity index (χ1n) is 8.34. The molecule has 0 radical (unpaired) electrons. The molecule has 3 rings (SSSR count). The molecule has 2 aliphatic rings. The summed E-state index contributed by atoms with van der Waals surface area (Å²) in [5, 5.41) is 1.99. The van der Waals surface area contributed by atoms with E-state index < -0.39 is 51.4 Å². The van der Waals surface area contributed by atoms with Crippen molar-refractivity contribution >= 4 is 70.1 Å². The van der Waals surface area contributed by atoms with Crippen LogP contribution in [0.1, 0.15) is 0 Å². The third kappa shape index (κ3) is 5.28. The summed E-state index contributed by atoms with van der Waals surface area (Å²) in [6.07, 6.45) is 0. The van der Waals surface area contributed by atoms with Gasteiger partial charge >= 0.3 is 5.97 Å². The van der Waals surface area contributed by atoms with Crippen LogP contribution in [-0.2, 0) is 23.9 Å². The van der Waals surface area contributed by atoms with Crippen LogP contribution in [0.2, 0.25) is 0 Å². The molecule has 0 spiro atoms. The van der Waals surface area contributed by atoms with E-state index in [1.165, 1.54) is 0 Å². The van der Waals surface area contributed by atoms with Crippen LogP contribution in [-0.4, -0.2) is 68.7 Å². The van der Waals surface area contributed by atoms with Gasteiger partial charge in [0.05, 0.1) is 5.75 Å². The first-order chi connectivity index (χ1) is 13.7. The van der Waals surface area contributed by atoms with Crippen LogP contribution in [0.4, 0.5) is 0 Å². The normalized spacial score (nSPS) is 23.7. The van der Waals surface area contributed by atoms with Crippen molar-refractivity contribution in [2.45, 2.75) is 21.3 Å². The van der Waals surface area contributed by atoms with Gasteiger partial charge < -0.3 is 19.7 Å². The van der Waals surface area contributed by atoms with Gasteiger partial charge in [-0.2, -0.15) is 0 Å². The molecule has 2 aliphatic heterocycles. The monoisotopic (exact) mass is 480 g/mol. The van der Waals surface area contributed by atoms with Crippen molar-refractivity contribution in [3.8, 4) is 5.75 Å². The number of ketones is 1. The molecule has 156 valence electrons. The van der Waals surface area contributed by atoms with Gasteiger partial charge in [0.2, 0.25) is 9.70 Å². The van der Waals surface area contributed by atoms with Gasteiger partial charge in [-0.1, -0.05) is 53.0 Å². The second kappa shape index (κ2) is 8.99. The van der Waals surface area contributed by atoms with Gasteiger partial charge in [0.25, 0.3) is 5.91 Å². The maximum absolute atomic E-state index is 12.5. The van der Waals surface area contributed by atoms with E-state index >= 15 is 0 Å². The average Bonchev–Trinajstić information content (AvgIpc) is 2.68. The molecule has 1 aromatic carbocycles. The minimum absolute atomic E-state index is 0.0190. The molecule has 2 unspecified atom stereocenters. The molecule has 8 nitrogen and oxygen atoms in total. The van der Waals surface area contributed by atoms with Gasteiger partial charge in [0.1, 0.15) is 23.8 Å². The number of amides is 2. The minimum Gasteiger partial charge on any atom is -0.484 e. The molecule has 12 heteroatoms. The van der Waals surface area contributed by atoms with Crippen LogP contribution in [0.25, 0.3) is 0 Å². The Morgan fingerprint density at radius 2 is 1.90 bits per heavy atom. The van der Waals surface area contributed by atoms with E-state index in [2.05, 4.69) is 5.32 Å². The predicted molar refractivity (Wildman–Crippen MR) is 107 cm³/mol. The smallest absolute Gasteiger partial charge is 0.336 e. The second-order valence-corrected chi connectivity index (χ2v) is 9.81. The lowest BCUT2D eigenvalue weighted by Crippen LogP contribution is -2.76. The Bertz CT molecular complexity index is 819. The van der Waals surface area contributed by atoms with E-state index in [0.29, 0.717) is 5.75 Å². The van der Waals surface area contributed by atoms with Gasteiger partial charge in [0.15, 0.2) is 18.4 Å². The van der Waals surface area contributed by atoms with Crippen molar-refractivity contribution in [1.29, 1.82) is 0 Å². The number of rotatable bonds is 6. The Kier molecular flexibility index (Phi) is 6.83. The molecular weight excluding hydrogens is 467 g/mol. The fourth-order valence-electron chi connectivity index (χ4n) is 2.83. The number of carbonyl (C=O) groups excluding carboxylic acids is 4. The predicted octanol–water partition coefficient (Wildman–Crippen LogP) is 1.32. The molecule has 2 heterocycles. The fraction of sp³-hybridized carbons (Fsp3) is 0.412. The lowest BCUT2D eigenvalue weighted by atomic mass is 10.0. The summed E-state index contributed by atoms with van der Waals surface area (Å²) in [6.45, 7) is -0.837. The maximum atomic E-state index is 12.5. The first-order valence-corrected chi connectivity index (χ1v) is 10.5. The largest absolute Gasteiger partial charge is 0.484 e. The number of nitrogens with zero attached hydrogens (tertiary/aromatic N) is 1. The first kappa shape index (κ1) is 22.0. The third-order valence-corrected chi connectivity index (χ3v) is 5.71. The number of esters is 1. The Balaban J connectivity index is 1.57. The average molecular weight is 482 g/mol. The zero-order chi connectivity index (χ0) is 21.2. The number of ether oxygens (including phenoxy) is 2. The van der Waals surface area contributed by atoms with Gasteiger partial charge in [-0.05, 0) is 12.1 Å². The Morgan fingerprint density at radius 3 is 2.55 bits per heavy atom. The number of halogens is 3. The van der Waals surface area contributed by atoms with E-state index in [4.69, 9.17) is 44.3 Å². The number of hydrogen-bond donors (Lipinski definition) is 1. The van der Waals surface area contributed by atoms with Crippen molar-refractivity contribution < 1.29 is 28.7 Å². The van der Waals surface area contributed by atoms with Crippen LogP contribution in [0.5, 0.6) is 5.75 Å². The summed E-state index contributed by atoms with van der Waals surface area (Å²) in [5.74, 6) is -2.05. The molecule has 29 heavy (non-hydrogen) atoms. The number of para-hydroxylation sites is 1. The van der Waals surface area contributed by atoms with Crippen LogP contribution in [0.15, 0.2) is 30.3 Å². The number of alkyl halides is 3. The number of fused-ring (bicyclic) bond motifs is 1. The van der Waals surface area contributed by atoms with Crippen LogP contribution in [0, 0.1) is 0 Å². The molecule has 1 aromatic rings. The van der Waals surface area contributed by atoms with Crippen LogP contribution < -0.4 is 10.1 Å². The fourth-order valence-corrected chi connectivity index (χ4v) is 4.25. The van der Waals surface area contributed by atoms with E-state index in [0.717, 1.165) is 16.7 Å². The van der Waals surface area contributed by atoms with Gasteiger partial charge in [0, 0.05) is 0 Å². The number of Topliss-reactive ketones (excluding diaryl/α,β-unsaturated/α-hetero) is 1. The highest BCUT2D eigenvalue weighted by atomic mass is 35.6. The number of hydrogen-bond acceptors (Lipinski definition) is 7. The summed E-state index contributed by atoms with van der Waals surface area (Å²) in [5.41, 5.74) is 0. The molecule has 0 aromatic heterocycles. The number of thioether (sulfide) groups is 1. The van der Waals surface area contributed by atoms with Gasteiger partial charge in [-0.15, -0.1) is 11.8 Å².